The first-order valence-electron chi connectivity index (χ1n) is 14.8. The first-order valence-corrected chi connectivity index (χ1v) is 14.8. The van der Waals surface area contributed by atoms with Gasteiger partial charge >= 0.3 is 6.09 Å². The summed E-state index contributed by atoms with van der Waals surface area (Å²) in [4.78, 5) is 41.2. The van der Waals surface area contributed by atoms with Crippen molar-refractivity contribution in [3.05, 3.63) is 36.2 Å². The summed E-state index contributed by atoms with van der Waals surface area (Å²) in [6.45, 7) is 2.48. The summed E-state index contributed by atoms with van der Waals surface area (Å²) in [5.74, 6) is 0.229. The predicted octanol–water partition coefficient (Wildman–Crippen LogP) is 3.93. The lowest BCUT2D eigenvalue weighted by Crippen LogP contribution is -2.54. The third-order valence-electron chi connectivity index (χ3n) is 8.34. The van der Waals surface area contributed by atoms with Gasteiger partial charge in [0.15, 0.2) is 5.82 Å². The monoisotopic (exact) mass is 599 g/mol. The Morgan fingerprint density at radius 3 is 2.51 bits per heavy atom. The number of nitrogens with one attached hydrogen (secondary N) is 1. The molecule has 0 radical (unpaired) electrons. The zero-order valence-electron chi connectivity index (χ0n) is 23.7. The lowest BCUT2D eigenvalue weighted by atomic mass is 9.92. The molecular formula is C29H35F2N7O5. The van der Waals surface area contributed by atoms with Gasteiger partial charge in [-0.15, -0.1) is 0 Å². The molecule has 0 bridgehead atoms. The molecule has 230 valence electrons. The van der Waals surface area contributed by atoms with Crippen molar-refractivity contribution in [2.24, 2.45) is 0 Å². The summed E-state index contributed by atoms with van der Waals surface area (Å²) < 4.78 is 41.4. The third-order valence-corrected chi connectivity index (χ3v) is 8.34. The molecule has 0 spiro atoms. The van der Waals surface area contributed by atoms with Gasteiger partial charge in [-0.2, -0.15) is 9.97 Å². The molecule has 0 unspecified atom stereocenters. The molecule has 6 rings (SSSR count). The minimum absolute atomic E-state index is 0.0827. The number of alkyl halides is 2. The number of benzene rings is 1. The Balaban J connectivity index is 1.19. The number of ether oxygens (including phenoxy) is 2. The fraction of sp³-hybridized carbons (Fsp3) is 0.552. The highest BCUT2D eigenvalue weighted by molar-refractivity contribution is 5.85. The molecule has 2 amide bonds. The van der Waals surface area contributed by atoms with Crippen LogP contribution in [0.5, 0.6) is 5.88 Å². The predicted molar refractivity (Wildman–Crippen MR) is 152 cm³/mol. The highest BCUT2D eigenvalue weighted by atomic mass is 19.3. The van der Waals surface area contributed by atoms with Gasteiger partial charge in [0.25, 0.3) is 6.43 Å². The molecule has 2 saturated heterocycles. The molecule has 1 aromatic carbocycles. The van der Waals surface area contributed by atoms with Crippen molar-refractivity contribution in [2.45, 2.75) is 69.6 Å². The number of carbonyl (C=O) groups excluding carboxylic acids is 1. The van der Waals surface area contributed by atoms with Gasteiger partial charge in [0.2, 0.25) is 17.7 Å². The van der Waals surface area contributed by atoms with Gasteiger partial charge in [0, 0.05) is 31.7 Å². The lowest BCUT2D eigenvalue weighted by Gasteiger charge is -2.35. The minimum atomic E-state index is -2.82. The number of hydrogen-bond acceptors (Lipinski definition) is 8. The zero-order chi connectivity index (χ0) is 29.9. The molecule has 14 heteroatoms. The van der Waals surface area contributed by atoms with Gasteiger partial charge in [0.05, 0.1) is 24.2 Å². The fourth-order valence-electron chi connectivity index (χ4n) is 6.14. The Morgan fingerprint density at radius 2 is 1.77 bits per heavy atom. The van der Waals surface area contributed by atoms with Crippen molar-refractivity contribution in [1.82, 2.24) is 29.7 Å². The maximum atomic E-state index is 14.1. The largest absolute Gasteiger partial charge is 0.474 e. The van der Waals surface area contributed by atoms with Crippen molar-refractivity contribution in [1.29, 1.82) is 0 Å². The highest BCUT2D eigenvalue weighted by Gasteiger charge is 2.34. The van der Waals surface area contributed by atoms with E-state index in [1.54, 1.807) is 30.3 Å². The number of rotatable bonds is 7. The first-order chi connectivity index (χ1) is 20.9. The number of morpholine rings is 1. The number of likely N-dealkylation sites (tertiary alicyclic amines) is 1. The number of piperidine rings is 1. The second kappa shape index (κ2) is 12.7. The third kappa shape index (κ3) is 6.33. The molecule has 2 aromatic heterocycles. The van der Waals surface area contributed by atoms with Crippen molar-refractivity contribution < 1.29 is 33.0 Å². The van der Waals surface area contributed by atoms with Crippen molar-refractivity contribution in [3.8, 4) is 11.7 Å². The van der Waals surface area contributed by atoms with Crippen molar-refractivity contribution in [3.63, 3.8) is 0 Å². The second-order valence-electron chi connectivity index (χ2n) is 11.1. The number of hydrogen-bond donors (Lipinski definition) is 2. The molecular weight excluding hydrogens is 564 g/mol. The Hall–Kier alpha value is -4.07. The van der Waals surface area contributed by atoms with E-state index in [0.717, 1.165) is 12.8 Å². The summed E-state index contributed by atoms with van der Waals surface area (Å²) in [7, 11) is 0. The van der Waals surface area contributed by atoms with E-state index in [4.69, 9.17) is 9.47 Å². The van der Waals surface area contributed by atoms with Gasteiger partial charge in [-0.3, -0.25) is 14.3 Å². The number of anilines is 1. The Kier molecular flexibility index (Phi) is 8.54. The average Bonchev–Trinajstić information content (AvgIpc) is 3.42. The van der Waals surface area contributed by atoms with Crippen LogP contribution in [0.1, 0.15) is 57.2 Å². The summed E-state index contributed by atoms with van der Waals surface area (Å²) in [5, 5.41) is 12.5. The maximum Gasteiger partial charge on any atom is 0.407 e. The highest BCUT2D eigenvalue weighted by Crippen LogP contribution is 2.31. The number of nitrogens with zero attached hydrogens (tertiary/aromatic N) is 6. The molecule has 12 nitrogen and oxygen atoms in total. The maximum absolute atomic E-state index is 14.1. The van der Waals surface area contributed by atoms with Crippen LogP contribution in [0.25, 0.3) is 16.9 Å². The molecule has 1 atom stereocenters. The number of imidazole rings is 1. The molecule has 3 fully saturated rings. The second-order valence-corrected chi connectivity index (χ2v) is 11.1. The lowest BCUT2D eigenvalue weighted by molar-refractivity contribution is -0.128. The SMILES string of the molecule is O=C(N[C@H]1CC[C@H](Oc2cc(-n3c(C(F)F)nc4ccccc43)nc(N3CCOCC3)n2)CC1)[C@H]1CCCCN1C(=O)O. The van der Waals surface area contributed by atoms with E-state index in [-0.39, 0.29) is 29.8 Å². The van der Waals surface area contributed by atoms with E-state index >= 15 is 0 Å². The van der Waals surface area contributed by atoms with Crippen LogP contribution >= 0.6 is 0 Å². The molecule has 3 aromatic rings. The van der Waals surface area contributed by atoms with Gasteiger partial charge in [-0.25, -0.2) is 18.6 Å². The van der Waals surface area contributed by atoms with Crippen molar-refractivity contribution in [2.75, 3.05) is 37.7 Å². The van der Waals surface area contributed by atoms with E-state index < -0.39 is 24.4 Å². The number of aromatic nitrogens is 4. The average molecular weight is 600 g/mol. The summed E-state index contributed by atoms with van der Waals surface area (Å²) in [6, 6.07) is 7.76. The first kappa shape index (κ1) is 29.0. The van der Waals surface area contributed by atoms with E-state index in [9.17, 15) is 23.5 Å². The van der Waals surface area contributed by atoms with Gasteiger partial charge in [-0.1, -0.05) is 12.1 Å². The van der Waals surface area contributed by atoms with Crippen LogP contribution in [-0.4, -0.2) is 92.6 Å². The summed E-state index contributed by atoms with van der Waals surface area (Å²) >= 11 is 0. The number of fused-ring (bicyclic) bond motifs is 1. The molecule has 4 heterocycles. The van der Waals surface area contributed by atoms with Gasteiger partial charge < -0.3 is 24.8 Å². The molecule has 3 aliphatic rings. The molecule has 2 N–H and O–H groups in total. The van der Waals surface area contributed by atoms with Gasteiger partial charge in [-0.05, 0) is 57.1 Å². The van der Waals surface area contributed by atoms with Crippen molar-refractivity contribution >= 4 is 29.0 Å². The Morgan fingerprint density at radius 1 is 1.00 bits per heavy atom. The number of carboxylic acid groups (broad SMARTS) is 1. The summed E-state index contributed by atoms with van der Waals surface area (Å²) in [6.07, 6.45) is 0.618. The number of para-hydroxylation sites is 2. The van der Waals surface area contributed by atoms with E-state index in [2.05, 4.69) is 20.3 Å². The number of carbonyl (C=O) groups is 2. The van der Waals surface area contributed by atoms with Crippen LogP contribution in [0, 0.1) is 0 Å². The quantitative estimate of drug-likeness (QED) is 0.414. The van der Waals surface area contributed by atoms with Crippen LogP contribution in [0.4, 0.5) is 19.5 Å². The number of halogens is 2. The molecule has 2 aliphatic heterocycles. The van der Waals surface area contributed by atoms with E-state index in [1.807, 2.05) is 4.90 Å². The van der Waals surface area contributed by atoms with Crippen LogP contribution in [0.3, 0.4) is 0 Å². The van der Waals surface area contributed by atoms with Crippen LogP contribution in [0.15, 0.2) is 30.3 Å². The van der Waals surface area contributed by atoms with Gasteiger partial charge in [0.1, 0.15) is 18.0 Å². The van der Waals surface area contributed by atoms with Crippen LogP contribution in [0.2, 0.25) is 0 Å². The number of amides is 2. The zero-order valence-corrected chi connectivity index (χ0v) is 23.7. The topological polar surface area (TPSA) is 135 Å². The molecule has 1 aliphatic carbocycles. The molecule has 1 saturated carbocycles. The van der Waals surface area contributed by atoms with Crippen LogP contribution in [-0.2, 0) is 9.53 Å². The normalized spacial score (nSPS) is 23.0. The molecule has 43 heavy (non-hydrogen) atoms. The standard InChI is InChI=1S/C29H35F2N7O5/c30-25(31)26-33-20-5-1-2-6-21(20)38(26)23-17-24(35-28(34-23)36-13-15-42-16-14-36)43-19-10-8-18(9-11-19)32-27(39)22-7-3-4-12-37(22)29(40)41/h1-2,5-6,17-19,22,25H,3-4,7-16H2,(H,32,39)(H,40,41)/t18-,19-,22-/m1/s1. The minimum Gasteiger partial charge on any atom is -0.474 e. The van der Waals surface area contributed by atoms with E-state index in [1.165, 1.54) is 9.47 Å². The van der Waals surface area contributed by atoms with Crippen LogP contribution < -0.4 is 15.0 Å². The Bertz CT molecular complexity index is 1460. The smallest absolute Gasteiger partial charge is 0.407 e. The summed E-state index contributed by atoms with van der Waals surface area (Å²) in [5.41, 5.74) is 0.943. The fourth-order valence-corrected chi connectivity index (χ4v) is 6.14. The Labute approximate surface area is 247 Å². The van der Waals surface area contributed by atoms with E-state index in [0.29, 0.717) is 81.9 Å².